The zero-order valence-electron chi connectivity index (χ0n) is 25.7. The van der Waals surface area contributed by atoms with E-state index in [1.807, 2.05) is 9.36 Å². The number of unbranched alkanes of at least 4 members (excludes halogenated alkanes) is 1. The van der Waals surface area contributed by atoms with Crippen LogP contribution in [0.15, 0.2) is 34.4 Å². The Labute approximate surface area is 244 Å². The van der Waals surface area contributed by atoms with Gasteiger partial charge < -0.3 is 4.74 Å². The minimum Gasteiger partial charge on any atom is -0.493 e. The third-order valence-electron chi connectivity index (χ3n) is 8.31. The Morgan fingerprint density at radius 2 is 1.75 bits per heavy atom. The maximum atomic E-state index is 6.35. The zero-order chi connectivity index (χ0) is 28.9. The molecule has 40 heavy (non-hydrogen) atoms. The van der Waals surface area contributed by atoms with Crippen molar-refractivity contribution in [3.05, 3.63) is 46.8 Å². The summed E-state index contributed by atoms with van der Waals surface area (Å²) in [5, 5.41) is 14.3. The molecule has 1 aromatic carbocycles. The van der Waals surface area contributed by atoms with Crippen LogP contribution in [0, 0.1) is 0 Å². The molecule has 218 valence electrons. The minimum absolute atomic E-state index is 0.0670. The Morgan fingerprint density at radius 3 is 2.45 bits per heavy atom. The predicted molar refractivity (Wildman–Crippen MR) is 166 cm³/mol. The van der Waals surface area contributed by atoms with E-state index in [0.29, 0.717) is 12.6 Å². The molecule has 0 saturated carbocycles. The number of hydrogen-bond donors (Lipinski definition) is 1. The van der Waals surface area contributed by atoms with Gasteiger partial charge in [0.2, 0.25) is 5.16 Å². The summed E-state index contributed by atoms with van der Waals surface area (Å²) >= 11 is 1.64. The lowest BCUT2D eigenvalue weighted by Crippen LogP contribution is -2.32. The summed E-state index contributed by atoms with van der Waals surface area (Å²) in [6.45, 7) is 19.5. The van der Waals surface area contributed by atoms with Gasteiger partial charge in [-0.2, -0.15) is 9.77 Å². The summed E-state index contributed by atoms with van der Waals surface area (Å²) in [7, 11) is 0. The molecule has 1 aliphatic heterocycles. The Balaban J connectivity index is 1.35. The monoisotopic (exact) mass is 565 g/mol. The summed E-state index contributed by atoms with van der Waals surface area (Å²) < 4.78 is 10.2. The van der Waals surface area contributed by atoms with Crippen molar-refractivity contribution in [1.29, 1.82) is 0 Å². The van der Waals surface area contributed by atoms with Gasteiger partial charge >= 0.3 is 0 Å². The van der Waals surface area contributed by atoms with Crippen molar-refractivity contribution in [3.8, 4) is 11.7 Å². The van der Waals surface area contributed by atoms with Crippen molar-refractivity contribution in [3.63, 3.8) is 0 Å². The number of rotatable bonds is 13. The highest BCUT2D eigenvalue weighted by molar-refractivity contribution is 7.99. The van der Waals surface area contributed by atoms with Crippen molar-refractivity contribution in [2.45, 2.75) is 110 Å². The van der Waals surface area contributed by atoms with E-state index in [4.69, 9.17) is 14.8 Å². The van der Waals surface area contributed by atoms with Crippen molar-refractivity contribution < 1.29 is 4.74 Å². The highest BCUT2D eigenvalue weighted by Crippen LogP contribution is 2.38. The average molecular weight is 566 g/mol. The van der Waals surface area contributed by atoms with Gasteiger partial charge in [0.1, 0.15) is 11.6 Å². The molecule has 0 saturated heterocycles. The smallest absolute Gasteiger partial charge is 0.272 e. The summed E-state index contributed by atoms with van der Waals surface area (Å²) in [4.78, 5) is 4.85. The van der Waals surface area contributed by atoms with Crippen LogP contribution in [0.4, 0.5) is 0 Å². The van der Waals surface area contributed by atoms with Crippen LogP contribution in [0.25, 0.3) is 5.95 Å². The van der Waals surface area contributed by atoms with Crippen LogP contribution in [-0.4, -0.2) is 49.4 Å². The Bertz CT molecular complexity index is 1320. The van der Waals surface area contributed by atoms with Crippen LogP contribution in [0.1, 0.15) is 104 Å². The number of hydrogen-bond acceptors (Lipinski definition) is 6. The Kier molecular flexibility index (Phi) is 9.64. The van der Waals surface area contributed by atoms with Gasteiger partial charge in [0, 0.05) is 17.8 Å². The molecule has 3 aromatic rings. The highest BCUT2D eigenvalue weighted by Gasteiger charge is 2.27. The van der Waals surface area contributed by atoms with Gasteiger partial charge in [-0.25, -0.2) is 4.68 Å². The number of fused-ring (bicyclic) bond motifs is 1. The first-order chi connectivity index (χ1) is 19.1. The predicted octanol–water partition coefficient (Wildman–Crippen LogP) is 6.87. The first-order valence-corrected chi connectivity index (χ1v) is 15.9. The standard InChI is InChI=1S/C31H47N7OS/c1-9-23-20-24(10-2)37(35-23)28-33-34-29-38(28)36-27(21-40-29)32-17-13-14-18-39-26-16-15-22(30(5,6)11-3)19-25(26)31(7,8)12-4/h15-16,19-20H,9-14,17-18,21H2,1-8H3,(H,32,36). The summed E-state index contributed by atoms with van der Waals surface area (Å²) in [6.07, 6.45) is 5.86. The van der Waals surface area contributed by atoms with Crippen LogP contribution in [0.5, 0.6) is 5.75 Å². The molecule has 9 heteroatoms. The van der Waals surface area contributed by atoms with E-state index in [2.05, 4.69) is 95.3 Å². The summed E-state index contributed by atoms with van der Waals surface area (Å²) in [5.41, 5.74) is 8.52. The molecule has 1 N–H and O–H groups in total. The first-order valence-electron chi connectivity index (χ1n) is 14.9. The maximum absolute atomic E-state index is 6.35. The molecule has 1 aliphatic rings. The fourth-order valence-electron chi connectivity index (χ4n) is 4.65. The van der Waals surface area contributed by atoms with Crippen molar-refractivity contribution in [2.75, 3.05) is 24.3 Å². The van der Waals surface area contributed by atoms with E-state index in [0.717, 1.165) is 79.0 Å². The van der Waals surface area contributed by atoms with Gasteiger partial charge in [-0.05, 0) is 67.1 Å². The largest absolute Gasteiger partial charge is 0.493 e. The van der Waals surface area contributed by atoms with E-state index < -0.39 is 0 Å². The molecular formula is C31H47N7OS. The van der Waals surface area contributed by atoms with E-state index >= 15 is 0 Å². The van der Waals surface area contributed by atoms with Gasteiger partial charge in [0.25, 0.3) is 5.95 Å². The number of amidine groups is 1. The lowest BCUT2D eigenvalue weighted by atomic mass is 9.76. The molecule has 2 aromatic heterocycles. The number of thioether (sulfide) groups is 1. The normalized spacial score (nSPS) is 14.8. The first kappa shape index (κ1) is 30.2. The molecule has 0 unspecified atom stereocenters. The fourth-order valence-corrected chi connectivity index (χ4v) is 5.43. The van der Waals surface area contributed by atoms with Gasteiger partial charge in [-0.15, -0.1) is 10.2 Å². The molecule has 0 bridgehead atoms. The van der Waals surface area contributed by atoms with E-state index in [-0.39, 0.29) is 10.8 Å². The maximum Gasteiger partial charge on any atom is 0.272 e. The number of nitrogens with one attached hydrogen (secondary N) is 1. The molecule has 3 heterocycles. The average Bonchev–Trinajstić information content (AvgIpc) is 3.58. The second-order valence-corrected chi connectivity index (χ2v) is 12.8. The molecule has 0 atom stereocenters. The van der Waals surface area contributed by atoms with Crippen LogP contribution in [0.3, 0.4) is 0 Å². The Morgan fingerprint density at radius 1 is 0.975 bits per heavy atom. The van der Waals surface area contributed by atoms with Crippen molar-refractivity contribution in [2.24, 2.45) is 4.99 Å². The number of aryl methyl sites for hydroxylation is 2. The number of aromatic nitrogens is 5. The topological polar surface area (TPSA) is 82.2 Å². The molecule has 0 fully saturated rings. The molecule has 8 nitrogen and oxygen atoms in total. The van der Waals surface area contributed by atoms with Gasteiger partial charge in [-0.3, -0.25) is 10.4 Å². The fraction of sp³-hybridized carbons (Fsp3) is 0.613. The van der Waals surface area contributed by atoms with Gasteiger partial charge in [-0.1, -0.05) is 79.3 Å². The third-order valence-corrected chi connectivity index (χ3v) is 9.25. The zero-order valence-corrected chi connectivity index (χ0v) is 26.5. The number of aliphatic imine (C=N–C) groups is 1. The minimum atomic E-state index is 0.0670. The van der Waals surface area contributed by atoms with E-state index in [1.165, 1.54) is 11.1 Å². The van der Waals surface area contributed by atoms with Crippen LogP contribution in [0.2, 0.25) is 0 Å². The number of ether oxygens (including phenoxy) is 1. The quantitative estimate of drug-likeness (QED) is 0.228. The molecule has 4 rings (SSSR count). The van der Waals surface area contributed by atoms with E-state index in [9.17, 15) is 0 Å². The molecular weight excluding hydrogens is 518 g/mol. The summed E-state index contributed by atoms with van der Waals surface area (Å²) in [5.74, 6) is 3.38. The van der Waals surface area contributed by atoms with E-state index in [1.54, 1.807) is 11.8 Å². The lowest BCUT2D eigenvalue weighted by Gasteiger charge is -2.30. The number of nitrogens with zero attached hydrogens (tertiary/aromatic N) is 6. The number of benzene rings is 1. The Hall–Kier alpha value is -2.81. The van der Waals surface area contributed by atoms with Gasteiger partial charge in [0.05, 0.1) is 18.1 Å². The SMILES string of the molecule is CCc1cc(CC)n(-c2nnc3n2NC(=NCCCCOc2ccc(C(C)(C)CC)cc2C(C)(C)CC)CS3)n1. The second kappa shape index (κ2) is 12.8. The molecule has 0 radical (unpaired) electrons. The van der Waals surface area contributed by atoms with Gasteiger partial charge in [0.15, 0.2) is 0 Å². The summed E-state index contributed by atoms with van der Waals surface area (Å²) in [6, 6.07) is 8.95. The van der Waals surface area contributed by atoms with Crippen LogP contribution in [-0.2, 0) is 23.7 Å². The second-order valence-electron chi connectivity index (χ2n) is 11.8. The highest BCUT2D eigenvalue weighted by atomic mass is 32.2. The van der Waals surface area contributed by atoms with Crippen molar-refractivity contribution in [1.82, 2.24) is 24.7 Å². The van der Waals surface area contributed by atoms with Crippen LogP contribution >= 0.6 is 11.8 Å². The lowest BCUT2D eigenvalue weighted by molar-refractivity contribution is 0.297. The van der Waals surface area contributed by atoms with Crippen molar-refractivity contribution >= 4 is 17.6 Å². The van der Waals surface area contributed by atoms with Crippen LogP contribution < -0.4 is 10.2 Å². The molecule has 0 aliphatic carbocycles. The molecule has 0 spiro atoms. The molecule has 0 amide bonds. The third kappa shape index (κ3) is 6.56.